The van der Waals surface area contributed by atoms with Crippen LogP contribution >= 0.6 is 0 Å². The second-order valence-electron chi connectivity index (χ2n) is 18.4. The highest BCUT2D eigenvalue weighted by molar-refractivity contribution is 6.28. The Morgan fingerprint density at radius 3 is 2.26 bits per heavy atom. The van der Waals surface area contributed by atoms with E-state index >= 15 is 0 Å². The van der Waals surface area contributed by atoms with E-state index in [0.29, 0.717) is 80.2 Å². The minimum atomic E-state index is -1.08. The lowest BCUT2D eigenvalue weighted by atomic mass is 9.93. The number of piperidine rings is 1. The maximum Gasteiger partial charge on any atom is 0.264 e. The number of methoxy groups -OCH3 is 1. The predicted octanol–water partition coefficient (Wildman–Crippen LogP) is 6.20. The third-order valence-electron chi connectivity index (χ3n) is 13.6. The van der Waals surface area contributed by atoms with Gasteiger partial charge in [-0.3, -0.25) is 53.5 Å². The van der Waals surface area contributed by atoms with Crippen LogP contribution in [0.15, 0.2) is 95.0 Å². The molecule has 8 rings (SSSR count). The molecule has 3 aromatic rings. The van der Waals surface area contributed by atoms with Gasteiger partial charge in [0.05, 0.1) is 47.8 Å². The van der Waals surface area contributed by atoms with Gasteiger partial charge in [-0.05, 0) is 74.7 Å². The van der Waals surface area contributed by atoms with E-state index in [0.717, 1.165) is 61.1 Å². The number of anilines is 5. The molecule has 8 amide bonds. The second-order valence-corrected chi connectivity index (χ2v) is 18.4. The van der Waals surface area contributed by atoms with Crippen LogP contribution in [0.25, 0.3) is 0 Å². The molecule has 3 aromatic carbocycles. The highest BCUT2D eigenvalue weighted by atomic mass is 16.5. The molecule has 0 radical (unpaired) electrons. The Morgan fingerprint density at radius 1 is 0.819 bits per heavy atom. The molecular formula is C53H60N10O9. The van der Waals surface area contributed by atoms with Crippen molar-refractivity contribution in [3.05, 3.63) is 96.1 Å². The van der Waals surface area contributed by atoms with E-state index in [-0.39, 0.29) is 65.6 Å². The highest BCUT2D eigenvalue weighted by Gasteiger charge is 2.46. The van der Waals surface area contributed by atoms with Crippen LogP contribution in [0.4, 0.5) is 28.4 Å². The normalized spacial score (nSPS) is 18.6. The third kappa shape index (κ3) is 11.5. The number of fused-ring (bicyclic) bond motifs is 2. The van der Waals surface area contributed by atoms with Gasteiger partial charge in [0.15, 0.2) is 0 Å². The predicted molar refractivity (Wildman–Crippen MR) is 273 cm³/mol. The summed E-state index contributed by atoms with van der Waals surface area (Å²) in [5.41, 5.74) is 3.96. The Bertz CT molecular complexity index is 2780. The van der Waals surface area contributed by atoms with Gasteiger partial charge in [0.2, 0.25) is 35.5 Å². The number of benzene rings is 3. The molecule has 5 heterocycles. The summed E-state index contributed by atoms with van der Waals surface area (Å²) in [6, 6.07) is 16.4. The summed E-state index contributed by atoms with van der Waals surface area (Å²) >= 11 is 0. The van der Waals surface area contributed by atoms with E-state index in [2.05, 4.69) is 32.7 Å². The maximum atomic E-state index is 13.4. The minimum absolute atomic E-state index is 0.0239. The number of piperazine rings is 1. The zero-order valence-corrected chi connectivity index (χ0v) is 40.7. The average molecular weight is 981 g/mol. The number of aliphatic imine (C=N–C) groups is 2. The summed E-state index contributed by atoms with van der Waals surface area (Å²) in [4.78, 5) is 118. The molecule has 0 spiro atoms. The molecule has 19 heteroatoms. The molecule has 19 nitrogen and oxygen atoms in total. The van der Waals surface area contributed by atoms with Crippen LogP contribution in [0.2, 0.25) is 0 Å². The first-order chi connectivity index (χ1) is 34.8. The number of amidine groups is 1. The molecular weight excluding hydrogens is 921 g/mol. The van der Waals surface area contributed by atoms with Crippen molar-refractivity contribution in [2.24, 2.45) is 15.9 Å². The van der Waals surface area contributed by atoms with Gasteiger partial charge in [0.25, 0.3) is 17.7 Å². The summed E-state index contributed by atoms with van der Waals surface area (Å²) in [7, 11) is 1.60. The molecule has 2 atom stereocenters. The van der Waals surface area contributed by atoms with Gasteiger partial charge in [-0.1, -0.05) is 62.8 Å². The third-order valence-corrected chi connectivity index (χ3v) is 13.6. The molecule has 5 aliphatic rings. The quantitative estimate of drug-likeness (QED) is 0.0600. The van der Waals surface area contributed by atoms with E-state index in [4.69, 9.17) is 14.7 Å². The van der Waals surface area contributed by atoms with Crippen LogP contribution in [0.5, 0.6) is 5.75 Å². The topological polar surface area (TPSA) is 232 Å². The summed E-state index contributed by atoms with van der Waals surface area (Å²) in [5.74, 6) is -1.88. The number of ether oxygens (including phenoxy) is 1. The first-order valence-corrected chi connectivity index (χ1v) is 24.6. The van der Waals surface area contributed by atoms with E-state index in [1.807, 2.05) is 30.0 Å². The van der Waals surface area contributed by atoms with Crippen LogP contribution in [0.3, 0.4) is 0 Å². The van der Waals surface area contributed by atoms with Crippen molar-refractivity contribution >= 4 is 87.5 Å². The number of guanidine groups is 1. The number of rotatable bonds is 19. The lowest BCUT2D eigenvalue weighted by molar-refractivity contribution is -0.136. The molecule has 0 aliphatic carbocycles. The molecule has 2 unspecified atom stereocenters. The van der Waals surface area contributed by atoms with Crippen LogP contribution in [-0.2, 0) is 28.8 Å². The van der Waals surface area contributed by atoms with E-state index in [1.54, 1.807) is 54.5 Å². The van der Waals surface area contributed by atoms with E-state index in [9.17, 15) is 38.4 Å². The van der Waals surface area contributed by atoms with Crippen LogP contribution in [0.1, 0.15) is 105 Å². The van der Waals surface area contributed by atoms with Crippen molar-refractivity contribution < 1.29 is 43.1 Å². The summed E-state index contributed by atoms with van der Waals surface area (Å²) < 4.78 is 5.80. The molecule has 5 aliphatic heterocycles. The van der Waals surface area contributed by atoms with Gasteiger partial charge in [0.1, 0.15) is 17.6 Å². The SMILES string of the molecule is C=CC(=O)Nc1cccc(N2C(=O)C=C(C)C3CN=C(Nc4ccc(N5CCN(C(=O)CCCCCCCCCCC(=O)Nc6cccc7c6C(=O)N(C6CCC(=O)NC6=O)C7=O)CC5)cc4OC)N=C32)c1. The van der Waals surface area contributed by atoms with Crippen LogP contribution in [0, 0.1) is 5.92 Å². The van der Waals surface area contributed by atoms with Crippen molar-refractivity contribution in [1.29, 1.82) is 0 Å². The lowest BCUT2D eigenvalue weighted by Crippen LogP contribution is -2.54. The monoisotopic (exact) mass is 980 g/mol. The molecule has 2 fully saturated rings. The van der Waals surface area contributed by atoms with Gasteiger partial charge in [-0.25, -0.2) is 4.99 Å². The lowest BCUT2D eigenvalue weighted by Gasteiger charge is -2.36. The number of nitrogens with zero attached hydrogens (tertiary/aromatic N) is 6. The Kier molecular flexibility index (Phi) is 16.0. The smallest absolute Gasteiger partial charge is 0.264 e. The van der Waals surface area contributed by atoms with Gasteiger partial charge >= 0.3 is 0 Å². The first kappa shape index (κ1) is 50.4. The fourth-order valence-electron chi connectivity index (χ4n) is 9.68. The fourth-order valence-corrected chi connectivity index (χ4v) is 9.68. The molecule has 376 valence electrons. The summed E-state index contributed by atoms with van der Waals surface area (Å²) in [6.45, 7) is 8.39. The first-order valence-electron chi connectivity index (χ1n) is 24.6. The molecule has 4 N–H and O–H groups in total. The number of hydrogen-bond acceptors (Lipinski definition) is 13. The number of carbonyl (C=O) groups is 8. The molecule has 72 heavy (non-hydrogen) atoms. The number of nitrogens with one attached hydrogen (secondary N) is 4. The minimum Gasteiger partial charge on any atom is -0.494 e. The molecule has 0 bridgehead atoms. The standard InChI is InChI=1S/C53H60N10O9/c1-4-43(64)55-34-15-13-16-36(30-34)62-47(68)29-33(2)38-32-54-53(59-49(38)62)57-39-22-21-35(31-42(39)72-3)60-25-27-61(28-26-60)46(67)20-12-10-8-6-5-7-9-11-19-44(65)56-40-18-14-17-37-48(40)52(71)63(51(37)70)41-23-24-45(66)58-50(41)69/h4,13-18,21-22,29-31,38,41H,1,5-12,19-20,23-28,32H2,2-3H3,(H,54,57)(H,55,64)(H,56,65)(H,58,66,69). The molecule has 2 saturated heterocycles. The zero-order valence-electron chi connectivity index (χ0n) is 40.7. The Hall–Kier alpha value is -7.96. The van der Waals surface area contributed by atoms with Gasteiger partial charge in [0, 0.05) is 69.0 Å². The zero-order chi connectivity index (χ0) is 50.9. The number of unbranched alkanes of at least 4 members (excludes halogenated alkanes) is 7. The van der Waals surface area contributed by atoms with Crippen LogP contribution < -0.4 is 35.8 Å². The van der Waals surface area contributed by atoms with Crippen molar-refractivity contribution in [3.8, 4) is 5.75 Å². The number of amides is 8. The Labute approximate surface area is 417 Å². The largest absolute Gasteiger partial charge is 0.494 e. The van der Waals surface area contributed by atoms with Gasteiger partial charge < -0.3 is 30.5 Å². The van der Waals surface area contributed by atoms with Crippen molar-refractivity contribution in [2.45, 2.75) is 90.0 Å². The number of imide groups is 2. The maximum absolute atomic E-state index is 13.4. The average Bonchev–Trinajstić information content (AvgIpc) is 3.63. The van der Waals surface area contributed by atoms with Crippen molar-refractivity contribution in [2.75, 3.05) is 65.6 Å². The molecule has 0 saturated carbocycles. The highest BCUT2D eigenvalue weighted by Crippen LogP contribution is 2.35. The second kappa shape index (κ2) is 22.9. The van der Waals surface area contributed by atoms with E-state index < -0.39 is 29.7 Å². The van der Waals surface area contributed by atoms with E-state index in [1.165, 1.54) is 12.1 Å². The summed E-state index contributed by atoms with van der Waals surface area (Å²) in [6.07, 6.45) is 11.0. The number of hydrogen-bond donors (Lipinski definition) is 4. The Morgan fingerprint density at radius 2 is 1.54 bits per heavy atom. The van der Waals surface area contributed by atoms with Crippen LogP contribution in [-0.4, -0.2) is 115 Å². The Balaban J connectivity index is 0.719. The van der Waals surface area contributed by atoms with Gasteiger partial charge in [-0.2, -0.15) is 4.99 Å². The van der Waals surface area contributed by atoms with Gasteiger partial charge in [-0.15, -0.1) is 0 Å². The fraction of sp³-hybridized carbons (Fsp3) is 0.396. The number of carbonyl (C=O) groups excluding carboxylic acids is 8. The van der Waals surface area contributed by atoms with Crippen molar-refractivity contribution in [3.63, 3.8) is 0 Å². The van der Waals surface area contributed by atoms with Crippen molar-refractivity contribution in [1.82, 2.24) is 15.1 Å². The summed E-state index contributed by atoms with van der Waals surface area (Å²) in [5, 5.41) is 11.0. The molecule has 0 aromatic heterocycles.